The third-order valence-corrected chi connectivity index (χ3v) is 4.63. The van der Waals surface area contributed by atoms with Gasteiger partial charge in [0, 0.05) is 12.5 Å². The van der Waals surface area contributed by atoms with Crippen molar-refractivity contribution in [3.8, 4) is 5.75 Å². The van der Waals surface area contributed by atoms with Crippen molar-refractivity contribution in [2.75, 3.05) is 6.54 Å². The standard InChI is InChI=1S/C23H24FNO/c1-17-2-4-18(5-3-17)16-25-15-14-23(19-6-10-21(24)11-7-19)20-8-12-22(26)13-9-20/h2-13,23,25-26H,14-16H2,1H3. The lowest BCUT2D eigenvalue weighted by Gasteiger charge is -2.19. The molecule has 0 bridgehead atoms. The Labute approximate surface area is 154 Å². The van der Waals surface area contributed by atoms with Crippen LogP contribution in [0.15, 0.2) is 72.8 Å². The van der Waals surface area contributed by atoms with E-state index in [1.807, 2.05) is 24.3 Å². The highest BCUT2D eigenvalue weighted by Crippen LogP contribution is 2.29. The second-order valence-electron chi connectivity index (χ2n) is 6.65. The Morgan fingerprint density at radius 3 is 2.04 bits per heavy atom. The number of phenols is 1. The van der Waals surface area contributed by atoms with Crippen molar-refractivity contribution in [3.05, 3.63) is 101 Å². The van der Waals surface area contributed by atoms with E-state index < -0.39 is 0 Å². The Morgan fingerprint density at radius 1 is 0.846 bits per heavy atom. The summed E-state index contributed by atoms with van der Waals surface area (Å²) < 4.78 is 13.3. The number of nitrogens with one attached hydrogen (secondary N) is 1. The Balaban J connectivity index is 1.66. The van der Waals surface area contributed by atoms with Gasteiger partial charge in [0.05, 0.1) is 0 Å². The van der Waals surface area contributed by atoms with Gasteiger partial charge in [-0.15, -0.1) is 0 Å². The van der Waals surface area contributed by atoms with E-state index in [1.54, 1.807) is 12.1 Å². The molecule has 2 N–H and O–H groups in total. The van der Waals surface area contributed by atoms with Crippen molar-refractivity contribution in [2.45, 2.75) is 25.8 Å². The lowest BCUT2D eigenvalue weighted by molar-refractivity contribution is 0.475. The van der Waals surface area contributed by atoms with Gasteiger partial charge in [0.25, 0.3) is 0 Å². The Hall–Kier alpha value is -2.65. The van der Waals surface area contributed by atoms with Gasteiger partial charge >= 0.3 is 0 Å². The molecule has 0 aliphatic carbocycles. The maximum atomic E-state index is 13.3. The molecular weight excluding hydrogens is 325 g/mol. The van der Waals surface area contributed by atoms with Crippen molar-refractivity contribution in [1.29, 1.82) is 0 Å². The molecule has 0 aromatic heterocycles. The normalized spacial score (nSPS) is 12.1. The van der Waals surface area contributed by atoms with Crippen LogP contribution in [0.1, 0.15) is 34.6 Å². The summed E-state index contributed by atoms with van der Waals surface area (Å²) in [4.78, 5) is 0. The van der Waals surface area contributed by atoms with Gasteiger partial charge in [-0.25, -0.2) is 4.39 Å². The number of aromatic hydroxyl groups is 1. The smallest absolute Gasteiger partial charge is 0.123 e. The lowest BCUT2D eigenvalue weighted by atomic mass is 9.88. The quantitative estimate of drug-likeness (QED) is 0.578. The molecule has 26 heavy (non-hydrogen) atoms. The molecule has 3 rings (SSSR count). The van der Waals surface area contributed by atoms with Crippen LogP contribution >= 0.6 is 0 Å². The number of phenolic OH excluding ortho intramolecular Hbond substituents is 1. The first-order chi connectivity index (χ1) is 12.6. The van der Waals surface area contributed by atoms with Crippen molar-refractivity contribution >= 4 is 0 Å². The van der Waals surface area contributed by atoms with Crippen LogP contribution in [0.2, 0.25) is 0 Å². The Morgan fingerprint density at radius 2 is 1.42 bits per heavy atom. The predicted octanol–water partition coefficient (Wildman–Crippen LogP) is 5.15. The number of rotatable bonds is 7. The molecule has 0 aliphatic rings. The van der Waals surface area contributed by atoms with Crippen LogP contribution in [0, 0.1) is 12.7 Å². The summed E-state index contributed by atoms with van der Waals surface area (Å²) in [5, 5.41) is 13.0. The van der Waals surface area contributed by atoms with Gasteiger partial charge in [-0.05, 0) is 60.8 Å². The molecular formula is C23H24FNO. The van der Waals surface area contributed by atoms with E-state index in [2.05, 4.69) is 36.5 Å². The topological polar surface area (TPSA) is 32.3 Å². The van der Waals surface area contributed by atoms with E-state index in [0.29, 0.717) is 0 Å². The summed E-state index contributed by atoms with van der Waals surface area (Å²) in [7, 11) is 0. The van der Waals surface area contributed by atoms with Crippen LogP contribution in [0.3, 0.4) is 0 Å². The van der Waals surface area contributed by atoms with E-state index in [4.69, 9.17) is 0 Å². The van der Waals surface area contributed by atoms with Gasteiger partial charge in [-0.1, -0.05) is 54.1 Å². The van der Waals surface area contributed by atoms with Crippen molar-refractivity contribution < 1.29 is 9.50 Å². The molecule has 1 atom stereocenters. The van der Waals surface area contributed by atoms with Crippen molar-refractivity contribution in [3.63, 3.8) is 0 Å². The number of aryl methyl sites for hydroxylation is 1. The van der Waals surface area contributed by atoms with Gasteiger partial charge in [0.15, 0.2) is 0 Å². The summed E-state index contributed by atoms with van der Waals surface area (Å²) in [6.45, 7) is 3.75. The molecule has 0 amide bonds. The molecule has 3 aromatic rings. The summed E-state index contributed by atoms with van der Waals surface area (Å²) in [5.41, 5.74) is 4.72. The van der Waals surface area contributed by atoms with Gasteiger partial charge in [-0.3, -0.25) is 0 Å². The average Bonchev–Trinajstić information content (AvgIpc) is 2.65. The number of hydrogen-bond acceptors (Lipinski definition) is 2. The first-order valence-electron chi connectivity index (χ1n) is 8.92. The number of benzene rings is 3. The lowest BCUT2D eigenvalue weighted by Crippen LogP contribution is -2.17. The van der Waals surface area contributed by atoms with E-state index in [0.717, 1.165) is 30.6 Å². The molecule has 3 heteroatoms. The highest BCUT2D eigenvalue weighted by molar-refractivity contribution is 5.35. The first kappa shape index (κ1) is 18.2. The highest BCUT2D eigenvalue weighted by atomic mass is 19.1. The van der Waals surface area contributed by atoms with Crippen LogP contribution in [-0.2, 0) is 6.54 Å². The molecule has 1 unspecified atom stereocenters. The molecule has 0 aliphatic heterocycles. The maximum absolute atomic E-state index is 13.3. The Kier molecular flexibility index (Phi) is 6.03. The SMILES string of the molecule is Cc1ccc(CNCCC(c2ccc(O)cc2)c2ccc(F)cc2)cc1. The van der Waals surface area contributed by atoms with Gasteiger partial charge in [0.2, 0.25) is 0 Å². The third-order valence-electron chi connectivity index (χ3n) is 4.63. The maximum Gasteiger partial charge on any atom is 0.123 e. The van der Waals surface area contributed by atoms with E-state index >= 15 is 0 Å². The highest BCUT2D eigenvalue weighted by Gasteiger charge is 2.14. The molecule has 0 spiro atoms. The van der Waals surface area contributed by atoms with Crippen LogP contribution in [-0.4, -0.2) is 11.7 Å². The molecule has 0 fully saturated rings. The van der Waals surface area contributed by atoms with Gasteiger partial charge < -0.3 is 10.4 Å². The van der Waals surface area contributed by atoms with Crippen LogP contribution < -0.4 is 5.32 Å². The minimum absolute atomic E-state index is 0.154. The predicted molar refractivity (Wildman–Crippen MR) is 104 cm³/mol. The fourth-order valence-corrected chi connectivity index (χ4v) is 3.11. The zero-order valence-electron chi connectivity index (χ0n) is 15.0. The van der Waals surface area contributed by atoms with Gasteiger partial charge in [-0.2, -0.15) is 0 Å². The summed E-state index contributed by atoms with van der Waals surface area (Å²) in [5.74, 6) is 0.182. The second kappa shape index (κ2) is 8.63. The molecule has 0 radical (unpaired) electrons. The van der Waals surface area contributed by atoms with E-state index in [1.165, 1.54) is 23.3 Å². The molecule has 0 saturated heterocycles. The molecule has 0 heterocycles. The van der Waals surface area contributed by atoms with E-state index in [-0.39, 0.29) is 17.5 Å². The summed E-state index contributed by atoms with van der Waals surface area (Å²) >= 11 is 0. The Bertz CT molecular complexity index is 765. The average molecular weight is 349 g/mol. The molecule has 2 nitrogen and oxygen atoms in total. The van der Waals surface area contributed by atoms with E-state index in [9.17, 15) is 9.50 Å². The third kappa shape index (κ3) is 4.93. The monoisotopic (exact) mass is 349 g/mol. The van der Waals surface area contributed by atoms with Gasteiger partial charge in [0.1, 0.15) is 11.6 Å². The fraction of sp³-hybridized carbons (Fsp3) is 0.217. The second-order valence-corrected chi connectivity index (χ2v) is 6.65. The number of halogens is 1. The number of hydrogen-bond donors (Lipinski definition) is 2. The summed E-state index contributed by atoms with van der Waals surface area (Å²) in [6.07, 6.45) is 0.891. The largest absolute Gasteiger partial charge is 0.508 e. The van der Waals surface area contributed by atoms with Crippen LogP contribution in [0.25, 0.3) is 0 Å². The fourth-order valence-electron chi connectivity index (χ4n) is 3.11. The minimum atomic E-state index is -0.226. The molecule has 134 valence electrons. The zero-order valence-corrected chi connectivity index (χ0v) is 15.0. The molecule has 3 aromatic carbocycles. The zero-order chi connectivity index (χ0) is 18.4. The molecule has 0 saturated carbocycles. The van der Waals surface area contributed by atoms with Crippen LogP contribution in [0.5, 0.6) is 5.75 Å². The minimum Gasteiger partial charge on any atom is -0.508 e. The van der Waals surface area contributed by atoms with Crippen molar-refractivity contribution in [2.24, 2.45) is 0 Å². The first-order valence-corrected chi connectivity index (χ1v) is 8.92. The summed E-state index contributed by atoms with van der Waals surface area (Å²) in [6, 6.07) is 22.5. The van der Waals surface area contributed by atoms with Crippen molar-refractivity contribution in [1.82, 2.24) is 5.32 Å². The van der Waals surface area contributed by atoms with Crippen LogP contribution in [0.4, 0.5) is 4.39 Å².